The van der Waals surface area contributed by atoms with E-state index < -0.39 is 23.4 Å². The van der Waals surface area contributed by atoms with Crippen LogP contribution in [0.25, 0.3) is 23.1 Å². The van der Waals surface area contributed by atoms with E-state index in [0.717, 1.165) is 28.1 Å². The number of halogens is 4. The molecule has 1 fully saturated rings. The van der Waals surface area contributed by atoms with Gasteiger partial charge in [0.1, 0.15) is 5.82 Å². The topological polar surface area (TPSA) is 43.9 Å². The van der Waals surface area contributed by atoms with Crippen molar-refractivity contribution in [1.82, 2.24) is 14.8 Å². The molecule has 0 bridgehead atoms. The van der Waals surface area contributed by atoms with Gasteiger partial charge in [-0.3, -0.25) is 0 Å². The Hall–Kier alpha value is -3.94. The lowest BCUT2D eigenvalue weighted by atomic mass is 9.54. The first-order valence-corrected chi connectivity index (χ1v) is 13.5. The predicted octanol–water partition coefficient (Wildman–Crippen LogP) is 8.31. The molecule has 0 radical (unpaired) electrons. The summed E-state index contributed by atoms with van der Waals surface area (Å²) in [6.07, 6.45) is 4.74. The van der Waals surface area contributed by atoms with Gasteiger partial charge < -0.3 is 4.42 Å². The number of hydrogen-bond acceptors (Lipinski definition) is 3. The molecule has 0 saturated heterocycles. The number of rotatable bonds is 3. The summed E-state index contributed by atoms with van der Waals surface area (Å²) in [6, 6.07) is 15.5. The van der Waals surface area contributed by atoms with Crippen LogP contribution in [-0.2, 0) is 6.42 Å². The van der Waals surface area contributed by atoms with E-state index in [1.807, 2.05) is 47.3 Å². The first-order chi connectivity index (χ1) is 19.2. The Morgan fingerprint density at radius 3 is 2.55 bits per heavy atom. The summed E-state index contributed by atoms with van der Waals surface area (Å²) >= 11 is 0. The van der Waals surface area contributed by atoms with Crippen molar-refractivity contribution in [2.24, 2.45) is 17.3 Å². The van der Waals surface area contributed by atoms with Gasteiger partial charge in [-0.2, -0.15) is 18.3 Å². The molecular weight excluding hydrogens is 518 g/mol. The van der Waals surface area contributed by atoms with Crippen molar-refractivity contribution in [3.05, 3.63) is 107 Å². The number of benzene rings is 2. The number of oxazole rings is 1. The molecule has 2 aromatic carbocycles. The Balaban J connectivity index is 1.27. The largest absolute Gasteiger partial charge is 0.440 e. The maximum atomic E-state index is 14.4. The Morgan fingerprint density at radius 2 is 1.80 bits per heavy atom. The number of fused-ring (bicyclic) bond motifs is 4. The van der Waals surface area contributed by atoms with Crippen LogP contribution in [0.15, 0.2) is 88.6 Å². The van der Waals surface area contributed by atoms with E-state index >= 15 is 0 Å². The van der Waals surface area contributed by atoms with Crippen molar-refractivity contribution in [3.8, 4) is 17.0 Å². The molecule has 0 spiro atoms. The van der Waals surface area contributed by atoms with Crippen LogP contribution in [-0.4, -0.2) is 20.9 Å². The molecule has 2 heterocycles. The Labute approximate surface area is 229 Å². The highest BCUT2D eigenvalue weighted by Gasteiger charge is 2.56. The standard InChI is InChI=1S/C32H27F4N3O/c1-31-16-20-17-38-39(23-10-8-22(33)9-11-23)27(20)15-21(31)7-12-24-25(31)13-14-26(32(34,35)36)29(24)30-37-18-28(40-30)19-5-3-2-4-6-19/h2-6,8-11,13,15,17-18,24,26,29H,7,12,14,16H2,1H3/t24-,26+,29+,31-/m0/s1. The molecule has 8 heteroatoms. The quantitative estimate of drug-likeness (QED) is 0.192. The third-order valence-corrected chi connectivity index (χ3v) is 9.03. The van der Waals surface area contributed by atoms with Crippen LogP contribution in [0.3, 0.4) is 0 Å². The van der Waals surface area contributed by atoms with Gasteiger partial charge in [-0.15, -0.1) is 0 Å². The number of hydrogen-bond donors (Lipinski definition) is 0. The lowest BCUT2D eigenvalue weighted by Crippen LogP contribution is -2.44. The van der Waals surface area contributed by atoms with Gasteiger partial charge in [0.25, 0.3) is 0 Å². The zero-order valence-electron chi connectivity index (χ0n) is 21.8. The highest BCUT2D eigenvalue weighted by atomic mass is 19.4. The number of allylic oxidation sites excluding steroid dienone is 3. The monoisotopic (exact) mass is 545 g/mol. The first-order valence-electron chi connectivity index (χ1n) is 13.5. The molecule has 0 amide bonds. The van der Waals surface area contributed by atoms with E-state index in [0.29, 0.717) is 25.0 Å². The summed E-state index contributed by atoms with van der Waals surface area (Å²) in [5.74, 6) is -2.46. The first kappa shape index (κ1) is 25.1. The summed E-state index contributed by atoms with van der Waals surface area (Å²) in [6.45, 7) is 2.14. The van der Waals surface area contributed by atoms with Crippen LogP contribution < -0.4 is 0 Å². The van der Waals surface area contributed by atoms with Crippen molar-refractivity contribution < 1.29 is 22.0 Å². The maximum Gasteiger partial charge on any atom is 0.392 e. The average molecular weight is 546 g/mol. The number of aromatic nitrogens is 3. The molecule has 40 heavy (non-hydrogen) atoms. The third-order valence-electron chi connectivity index (χ3n) is 9.03. The van der Waals surface area contributed by atoms with Crippen molar-refractivity contribution in [3.63, 3.8) is 0 Å². The van der Waals surface area contributed by atoms with Gasteiger partial charge in [-0.05, 0) is 67.5 Å². The van der Waals surface area contributed by atoms with Gasteiger partial charge in [0.2, 0.25) is 0 Å². The summed E-state index contributed by atoms with van der Waals surface area (Å²) < 4.78 is 64.7. The van der Waals surface area contributed by atoms with E-state index in [1.165, 1.54) is 17.7 Å². The van der Waals surface area contributed by atoms with Gasteiger partial charge in [0, 0.05) is 11.0 Å². The SMILES string of the molecule is C[C@]12Cc3cnn(-c4ccc(F)cc4)c3C=C1CC[C@H]1C2=CC[C@@H](C(F)(F)F)[C@@H]1c1ncc(-c2ccccc2)o1. The van der Waals surface area contributed by atoms with Gasteiger partial charge >= 0.3 is 6.18 Å². The Kier molecular flexibility index (Phi) is 5.67. The molecular formula is C32H27F4N3O. The van der Waals surface area contributed by atoms with Crippen molar-refractivity contribution >= 4 is 6.08 Å². The highest BCUT2D eigenvalue weighted by molar-refractivity contribution is 5.64. The second kappa shape index (κ2) is 9.04. The van der Waals surface area contributed by atoms with Crippen molar-refractivity contribution in [2.75, 3.05) is 0 Å². The molecule has 7 rings (SSSR count). The van der Waals surface area contributed by atoms with Crippen LogP contribution in [0, 0.1) is 23.1 Å². The summed E-state index contributed by atoms with van der Waals surface area (Å²) in [5, 5.41) is 4.59. The van der Waals surface area contributed by atoms with Gasteiger partial charge in [-0.1, -0.05) is 54.5 Å². The second-order valence-electron chi connectivity index (χ2n) is 11.3. The minimum absolute atomic E-state index is 0.104. The summed E-state index contributed by atoms with van der Waals surface area (Å²) in [7, 11) is 0. The Morgan fingerprint density at radius 1 is 1.02 bits per heavy atom. The van der Waals surface area contributed by atoms with E-state index in [2.05, 4.69) is 23.1 Å². The molecule has 3 aliphatic carbocycles. The molecule has 1 saturated carbocycles. The third kappa shape index (κ3) is 3.95. The van der Waals surface area contributed by atoms with Crippen LogP contribution in [0.5, 0.6) is 0 Å². The summed E-state index contributed by atoms with van der Waals surface area (Å²) in [4.78, 5) is 4.43. The molecule has 0 aliphatic heterocycles. The van der Waals surface area contributed by atoms with Crippen molar-refractivity contribution in [1.29, 1.82) is 0 Å². The second-order valence-corrected chi connectivity index (χ2v) is 11.3. The van der Waals surface area contributed by atoms with Gasteiger partial charge in [-0.25, -0.2) is 14.1 Å². The Bertz CT molecular complexity index is 1630. The van der Waals surface area contributed by atoms with Gasteiger partial charge in [0.05, 0.1) is 35.6 Å². The van der Waals surface area contributed by atoms with Crippen LogP contribution >= 0.6 is 0 Å². The normalized spacial score (nSPS) is 25.9. The van der Waals surface area contributed by atoms with E-state index in [9.17, 15) is 17.6 Å². The zero-order chi connectivity index (χ0) is 27.6. The molecule has 0 N–H and O–H groups in total. The number of alkyl halides is 3. The summed E-state index contributed by atoms with van der Waals surface area (Å²) in [5.41, 5.74) is 5.32. The molecule has 3 aliphatic rings. The fourth-order valence-corrected chi connectivity index (χ4v) is 7.09. The van der Waals surface area contributed by atoms with Crippen molar-refractivity contribution in [2.45, 2.75) is 44.7 Å². The highest BCUT2D eigenvalue weighted by Crippen LogP contribution is 2.61. The minimum atomic E-state index is -4.37. The smallest absolute Gasteiger partial charge is 0.392 e. The van der Waals surface area contributed by atoms with Gasteiger partial charge in [0.15, 0.2) is 11.7 Å². The van der Waals surface area contributed by atoms with E-state index in [-0.39, 0.29) is 24.0 Å². The van der Waals surface area contributed by atoms with Crippen LogP contribution in [0.2, 0.25) is 0 Å². The molecule has 0 unspecified atom stereocenters. The molecule has 2 aromatic heterocycles. The average Bonchev–Trinajstić information content (AvgIpc) is 3.59. The number of nitrogens with zero attached hydrogens (tertiary/aromatic N) is 3. The molecule has 4 nitrogen and oxygen atoms in total. The predicted molar refractivity (Wildman–Crippen MR) is 143 cm³/mol. The molecule has 204 valence electrons. The lowest BCUT2D eigenvalue weighted by molar-refractivity contribution is -0.187. The van der Waals surface area contributed by atoms with E-state index in [1.54, 1.807) is 18.3 Å². The zero-order valence-corrected chi connectivity index (χ0v) is 21.8. The van der Waals surface area contributed by atoms with Crippen LogP contribution in [0.4, 0.5) is 17.6 Å². The molecule has 4 aromatic rings. The fraction of sp³-hybridized carbons (Fsp3) is 0.312. The molecule has 4 atom stereocenters. The lowest BCUT2D eigenvalue weighted by Gasteiger charge is -2.50. The minimum Gasteiger partial charge on any atom is -0.440 e. The van der Waals surface area contributed by atoms with E-state index in [4.69, 9.17) is 4.42 Å². The fourth-order valence-electron chi connectivity index (χ4n) is 7.09. The van der Waals surface area contributed by atoms with Crippen LogP contribution in [0.1, 0.15) is 49.3 Å². The maximum absolute atomic E-state index is 14.4.